The normalized spacial score (nSPS) is 9.21. The van der Waals surface area contributed by atoms with Gasteiger partial charge in [-0.05, 0) is 12.1 Å². The summed E-state index contributed by atoms with van der Waals surface area (Å²) in [6.45, 7) is 0. The maximum atomic E-state index is 10.9. The van der Waals surface area contributed by atoms with Crippen LogP contribution in [0.5, 0.6) is 5.75 Å². The molecule has 0 aliphatic heterocycles. The summed E-state index contributed by atoms with van der Waals surface area (Å²) >= 11 is 0. The quantitative estimate of drug-likeness (QED) is 0.719. The summed E-state index contributed by atoms with van der Waals surface area (Å²) in [4.78, 5) is 21.8. The van der Waals surface area contributed by atoms with Crippen molar-refractivity contribution in [3.05, 3.63) is 29.8 Å². The van der Waals surface area contributed by atoms with Crippen LogP contribution in [0.25, 0.3) is 0 Å². The van der Waals surface area contributed by atoms with Crippen LogP contribution < -0.4 is 15.8 Å². The van der Waals surface area contributed by atoms with Gasteiger partial charge in [-0.25, -0.2) is 4.79 Å². The number of nitrogens with one attached hydrogen (secondary N) is 1. The molecule has 0 radical (unpaired) electrons. The number of amides is 2. The van der Waals surface area contributed by atoms with Gasteiger partial charge in [-0.3, -0.25) is 4.79 Å². The van der Waals surface area contributed by atoms with E-state index in [1.807, 2.05) is 0 Å². The third-order valence-corrected chi connectivity index (χ3v) is 1.56. The van der Waals surface area contributed by atoms with Crippen LogP contribution in [0.1, 0.15) is 10.4 Å². The third-order valence-electron chi connectivity index (χ3n) is 1.56. The second kappa shape index (κ2) is 4.27. The van der Waals surface area contributed by atoms with Crippen LogP contribution in [0.3, 0.4) is 0 Å². The van der Waals surface area contributed by atoms with Crippen LogP contribution in [0.2, 0.25) is 0 Å². The van der Waals surface area contributed by atoms with Crippen molar-refractivity contribution in [3.63, 3.8) is 0 Å². The van der Waals surface area contributed by atoms with Gasteiger partial charge in [0.2, 0.25) is 0 Å². The minimum absolute atomic E-state index is 0.152. The third kappa shape index (κ3) is 2.22. The van der Waals surface area contributed by atoms with Gasteiger partial charge in [0, 0.05) is 7.05 Å². The lowest BCUT2D eigenvalue weighted by molar-refractivity contribution is 0.0998. The second-order valence-electron chi connectivity index (χ2n) is 2.50. The van der Waals surface area contributed by atoms with Crippen LogP contribution in [-0.4, -0.2) is 19.0 Å². The molecule has 0 saturated carbocycles. The Kier molecular flexibility index (Phi) is 3.06. The molecule has 0 aliphatic rings. The smallest absolute Gasteiger partial charge is 0.410 e. The minimum Gasteiger partial charge on any atom is -0.410 e. The number of carbonyl (C=O) groups is 2. The summed E-state index contributed by atoms with van der Waals surface area (Å²) in [5.41, 5.74) is 5.26. The first-order chi connectivity index (χ1) is 6.65. The Balaban J connectivity index is 2.95. The number of ether oxygens (including phenoxy) is 1. The highest BCUT2D eigenvalue weighted by atomic mass is 16.6. The highest BCUT2D eigenvalue weighted by Crippen LogP contribution is 2.16. The SMILES string of the molecule is CNC(=O)Oc1ccccc1C(N)=O. The standard InChI is InChI=1S/C9H10N2O3/c1-11-9(13)14-7-5-3-2-4-6(7)8(10)12/h2-5H,1H3,(H2,10,12)(H,11,13). The van der Waals surface area contributed by atoms with Crippen molar-refractivity contribution in [3.8, 4) is 5.75 Å². The highest BCUT2D eigenvalue weighted by Gasteiger charge is 2.10. The Morgan fingerprint density at radius 3 is 2.57 bits per heavy atom. The van der Waals surface area contributed by atoms with Crippen molar-refractivity contribution in [1.29, 1.82) is 0 Å². The number of hydrogen-bond donors (Lipinski definition) is 2. The predicted molar refractivity (Wildman–Crippen MR) is 50.0 cm³/mol. The molecule has 0 heterocycles. The van der Waals surface area contributed by atoms with Gasteiger partial charge in [0.15, 0.2) is 0 Å². The monoisotopic (exact) mass is 194 g/mol. The van der Waals surface area contributed by atoms with E-state index in [0.717, 1.165) is 0 Å². The van der Waals surface area contributed by atoms with Crippen LogP contribution in [0.4, 0.5) is 4.79 Å². The van der Waals surface area contributed by atoms with E-state index in [2.05, 4.69) is 5.32 Å². The van der Waals surface area contributed by atoms with E-state index < -0.39 is 12.0 Å². The first kappa shape index (κ1) is 10.0. The Labute approximate surface area is 80.9 Å². The molecule has 1 aromatic rings. The molecule has 5 heteroatoms. The van der Waals surface area contributed by atoms with Crippen molar-refractivity contribution in [2.24, 2.45) is 5.73 Å². The van der Waals surface area contributed by atoms with Crippen molar-refractivity contribution < 1.29 is 14.3 Å². The summed E-state index contributed by atoms with van der Waals surface area (Å²) in [5.74, 6) is -0.483. The molecule has 0 aromatic heterocycles. The van der Waals surface area contributed by atoms with Gasteiger partial charge in [0.05, 0.1) is 5.56 Å². The molecule has 1 rings (SSSR count). The fraction of sp³-hybridized carbons (Fsp3) is 0.111. The Hall–Kier alpha value is -2.04. The van der Waals surface area contributed by atoms with Crippen LogP contribution >= 0.6 is 0 Å². The molecule has 14 heavy (non-hydrogen) atoms. The van der Waals surface area contributed by atoms with E-state index in [9.17, 15) is 9.59 Å². The van der Waals surface area contributed by atoms with Gasteiger partial charge in [0.1, 0.15) is 5.75 Å². The second-order valence-corrected chi connectivity index (χ2v) is 2.50. The lowest BCUT2D eigenvalue weighted by Gasteiger charge is -2.06. The van der Waals surface area contributed by atoms with Gasteiger partial charge in [-0.1, -0.05) is 12.1 Å². The molecule has 74 valence electrons. The number of benzene rings is 1. The molecule has 1 aromatic carbocycles. The summed E-state index contributed by atoms with van der Waals surface area (Å²) in [6.07, 6.45) is -0.640. The largest absolute Gasteiger partial charge is 0.412 e. The maximum Gasteiger partial charge on any atom is 0.412 e. The highest BCUT2D eigenvalue weighted by molar-refractivity contribution is 5.96. The molecular weight excluding hydrogens is 184 g/mol. The number of rotatable bonds is 2. The van der Waals surface area contributed by atoms with Crippen molar-refractivity contribution >= 4 is 12.0 Å². The summed E-state index contributed by atoms with van der Waals surface area (Å²) in [5, 5.41) is 2.27. The molecule has 0 unspecified atom stereocenters. The molecule has 0 spiro atoms. The fourth-order valence-corrected chi connectivity index (χ4v) is 0.910. The number of para-hydroxylation sites is 1. The zero-order valence-electron chi connectivity index (χ0n) is 7.61. The van der Waals surface area contributed by atoms with E-state index >= 15 is 0 Å². The van der Waals surface area contributed by atoms with Crippen LogP contribution in [0.15, 0.2) is 24.3 Å². The van der Waals surface area contributed by atoms with E-state index in [0.29, 0.717) is 0 Å². The van der Waals surface area contributed by atoms with Gasteiger partial charge >= 0.3 is 6.09 Å². The molecule has 0 aliphatic carbocycles. The molecule has 5 nitrogen and oxygen atoms in total. The zero-order valence-corrected chi connectivity index (χ0v) is 7.61. The van der Waals surface area contributed by atoms with E-state index in [1.54, 1.807) is 12.1 Å². The lowest BCUT2D eigenvalue weighted by Crippen LogP contribution is -2.23. The van der Waals surface area contributed by atoms with Crippen molar-refractivity contribution in [2.45, 2.75) is 0 Å². The summed E-state index contributed by atoms with van der Waals surface area (Å²) < 4.78 is 4.81. The average molecular weight is 194 g/mol. The molecule has 0 fully saturated rings. The Morgan fingerprint density at radius 1 is 1.36 bits per heavy atom. The Bertz CT molecular complexity index is 363. The summed E-state index contributed by atoms with van der Waals surface area (Å²) in [6, 6.07) is 6.26. The summed E-state index contributed by atoms with van der Waals surface area (Å²) in [7, 11) is 1.43. The minimum atomic E-state index is -0.640. The van der Waals surface area contributed by atoms with Gasteiger partial charge in [-0.2, -0.15) is 0 Å². The van der Waals surface area contributed by atoms with Crippen LogP contribution in [0, 0.1) is 0 Å². The predicted octanol–water partition coefficient (Wildman–Crippen LogP) is 0.504. The number of primary amides is 1. The number of carbonyl (C=O) groups excluding carboxylic acids is 2. The van der Waals surface area contributed by atoms with Crippen molar-refractivity contribution in [2.75, 3.05) is 7.05 Å². The van der Waals surface area contributed by atoms with Crippen molar-refractivity contribution in [1.82, 2.24) is 5.32 Å². The molecule has 0 saturated heterocycles. The van der Waals surface area contributed by atoms with Gasteiger partial charge in [0.25, 0.3) is 5.91 Å². The maximum absolute atomic E-state index is 10.9. The lowest BCUT2D eigenvalue weighted by atomic mass is 10.2. The molecule has 2 amide bonds. The molecule has 0 bridgehead atoms. The number of hydrogen-bond acceptors (Lipinski definition) is 3. The van der Waals surface area contributed by atoms with Gasteiger partial charge in [-0.15, -0.1) is 0 Å². The average Bonchev–Trinajstić information content (AvgIpc) is 2.18. The molecule has 0 atom stereocenters. The Morgan fingerprint density at radius 2 is 2.00 bits per heavy atom. The molecule has 3 N–H and O–H groups in total. The number of nitrogens with two attached hydrogens (primary N) is 1. The first-order valence-corrected chi connectivity index (χ1v) is 3.93. The first-order valence-electron chi connectivity index (χ1n) is 3.93. The fourth-order valence-electron chi connectivity index (χ4n) is 0.910. The zero-order chi connectivity index (χ0) is 10.6. The topological polar surface area (TPSA) is 81.4 Å². The van der Waals surface area contributed by atoms with E-state index in [1.165, 1.54) is 19.2 Å². The van der Waals surface area contributed by atoms with Crippen LogP contribution in [-0.2, 0) is 0 Å². The van der Waals surface area contributed by atoms with Gasteiger partial charge < -0.3 is 15.8 Å². The van der Waals surface area contributed by atoms with E-state index in [-0.39, 0.29) is 11.3 Å². The molecular formula is C9H10N2O3. The van der Waals surface area contributed by atoms with E-state index in [4.69, 9.17) is 10.5 Å².